The first kappa shape index (κ1) is 24.5. The highest BCUT2D eigenvalue weighted by Gasteiger charge is 2.38. The number of carbonyl (C=O) groups is 1. The van der Waals surface area contributed by atoms with E-state index in [0.29, 0.717) is 11.0 Å². The van der Waals surface area contributed by atoms with Crippen molar-refractivity contribution in [3.05, 3.63) is 45.8 Å². The van der Waals surface area contributed by atoms with Gasteiger partial charge in [0.15, 0.2) is 5.69 Å². The summed E-state index contributed by atoms with van der Waals surface area (Å²) in [5.74, 6) is -2.76. The molecule has 3 aromatic rings. The van der Waals surface area contributed by atoms with Crippen molar-refractivity contribution in [3.8, 4) is 10.6 Å². The van der Waals surface area contributed by atoms with Gasteiger partial charge >= 0.3 is 23.9 Å². The first-order chi connectivity index (χ1) is 15.4. The van der Waals surface area contributed by atoms with E-state index in [0.717, 1.165) is 48.6 Å². The lowest BCUT2D eigenvalue weighted by molar-refractivity contribution is -0.192. The molecule has 1 fully saturated rings. The number of rotatable bonds is 2. The van der Waals surface area contributed by atoms with Gasteiger partial charge in [0.1, 0.15) is 10.6 Å². The van der Waals surface area contributed by atoms with E-state index in [1.165, 1.54) is 6.07 Å². The van der Waals surface area contributed by atoms with E-state index in [9.17, 15) is 31.1 Å². The third kappa shape index (κ3) is 6.01. The maximum atomic E-state index is 12.7. The zero-order valence-electron chi connectivity index (χ0n) is 16.5. The van der Waals surface area contributed by atoms with Crippen molar-refractivity contribution in [1.29, 1.82) is 0 Å². The fourth-order valence-electron chi connectivity index (χ4n) is 2.90. The quantitative estimate of drug-likeness (QED) is 0.410. The van der Waals surface area contributed by atoms with Crippen LogP contribution in [0, 0.1) is 0 Å². The van der Waals surface area contributed by atoms with E-state index in [1.807, 2.05) is 6.07 Å². The summed E-state index contributed by atoms with van der Waals surface area (Å²) in [6.07, 6.45) is -9.62. The first-order valence-corrected chi connectivity index (χ1v) is 10.1. The lowest BCUT2D eigenvalue weighted by atomic mass is 10.1. The number of alkyl halides is 6. The van der Waals surface area contributed by atoms with Crippen LogP contribution in [0.2, 0.25) is 0 Å². The van der Waals surface area contributed by atoms with Gasteiger partial charge in [0.2, 0.25) is 0 Å². The molecule has 2 N–H and O–H groups in total. The summed E-state index contributed by atoms with van der Waals surface area (Å²) in [5.41, 5.74) is -0.317. The van der Waals surface area contributed by atoms with E-state index in [2.05, 4.69) is 15.2 Å². The summed E-state index contributed by atoms with van der Waals surface area (Å²) in [6, 6.07) is 7.04. The molecule has 1 aliphatic rings. The van der Waals surface area contributed by atoms with Crippen molar-refractivity contribution < 1.29 is 40.7 Å². The number of benzene rings is 1. The smallest absolute Gasteiger partial charge is 0.475 e. The molecule has 1 saturated heterocycles. The Morgan fingerprint density at radius 3 is 2.30 bits per heavy atom. The Hall–Kier alpha value is -3.13. The highest BCUT2D eigenvalue weighted by Crippen LogP contribution is 2.33. The minimum Gasteiger partial charge on any atom is -0.475 e. The molecule has 7 nitrogen and oxygen atoms in total. The van der Waals surface area contributed by atoms with Gasteiger partial charge in [-0.2, -0.15) is 26.3 Å². The molecule has 14 heteroatoms. The molecular formula is C19H15F6N3O4S. The van der Waals surface area contributed by atoms with Crippen molar-refractivity contribution in [2.75, 3.05) is 31.1 Å². The molecule has 0 spiro atoms. The number of nitrogens with one attached hydrogen (secondary N) is 1. The molecule has 4 rings (SSSR count). The monoisotopic (exact) mass is 495 g/mol. The van der Waals surface area contributed by atoms with E-state index < -0.39 is 29.6 Å². The fourth-order valence-corrected chi connectivity index (χ4v) is 3.73. The number of anilines is 1. The van der Waals surface area contributed by atoms with Gasteiger partial charge in [-0.3, -0.25) is 0 Å². The third-order valence-corrected chi connectivity index (χ3v) is 5.34. The Morgan fingerprint density at radius 2 is 1.76 bits per heavy atom. The second-order valence-electron chi connectivity index (χ2n) is 6.75. The van der Waals surface area contributed by atoms with E-state index in [1.54, 1.807) is 12.1 Å². The molecule has 0 aliphatic carbocycles. The number of aromatic nitrogens is 1. The predicted octanol–water partition coefficient (Wildman–Crippen LogP) is 3.98. The van der Waals surface area contributed by atoms with Crippen molar-refractivity contribution in [1.82, 2.24) is 10.3 Å². The van der Waals surface area contributed by atoms with Gasteiger partial charge in [-0.25, -0.2) is 14.6 Å². The molecule has 0 amide bonds. The van der Waals surface area contributed by atoms with Crippen LogP contribution in [-0.2, 0) is 11.0 Å². The van der Waals surface area contributed by atoms with Crippen LogP contribution in [0.25, 0.3) is 21.5 Å². The van der Waals surface area contributed by atoms with Gasteiger partial charge < -0.3 is 19.7 Å². The van der Waals surface area contributed by atoms with Crippen LogP contribution < -0.4 is 15.8 Å². The number of halogens is 6. The van der Waals surface area contributed by atoms with Crippen LogP contribution in [0.3, 0.4) is 0 Å². The topological polar surface area (TPSA) is 95.7 Å². The van der Waals surface area contributed by atoms with Crippen LogP contribution in [0.4, 0.5) is 32.0 Å². The maximum Gasteiger partial charge on any atom is 0.490 e. The Kier molecular flexibility index (Phi) is 6.97. The van der Waals surface area contributed by atoms with Gasteiger partial charge in [-0.1, -0.05) is 0 Å². The van der Waals surface area contributed by atoms with Crippen LogP contribution in [0.15, 0.2) is 38.9 Å². The average molecular weight is 495 g/mol. The van der Waals surface area contributed by atoms with Gasteiger partial charge in [-0.05, 0) is 18.2 Å². The molecule has 0 atom stereocenters. The van der Waals surface area contributed by atoms with Crippen LogP contribution in [0.1, 0.15) is 5.69 Å². The lowest BCUT2D eigenvalue weighted by Gasteiger charge is -2.29. The average Bonchev–Trinajstić information content (AvgIpc) is 3.24. The highest BCUT2D eigenvalue weighted by molar-refractivity contribution is 7.13. The summed E-state index contributed by atoms with van der Waals surface area (Å²) in [6.45, 7) is 3.47. The number of thiazole rings is 1. The molecule has 33 heavy (non-hydrogen) atoms. The third-order valence-electron chi connectivity index (χ3n) is 4.47. The van der Waals surface area contributed by atoms with Gasteiger partial charge in [-0.15, -0.1) is 11.3 Å². The van der Waals surface area contributed by atoms with Crippen LogP contribution >= 0.6 is 11.3 Å². The second-order valence-corrected chi connectivity index (χ2v) is 7.60. The van der Waals surface area contributed by atoms with Crippen molar-refractivity contribution in [2.45, 2.75) is 12.4 Å². The van der Waals surface area contributed by atoms with Crippen LogP contribution in [0.5, 0.6) is 0 Å². The van der Waals surface area contributed by atoms with Crippen molar-refractivity contribution in [2.24, 2.45) is 0 Å². The minimum absolute atomic E-state index is 0.000781. The first-order valence-electron chi connectivity index (χ1n) is 9.23. The second kappa shape index (κ2) is 9.39. The number of hydrogen-bond acceptors (Lipinski definition) is 7. The fraction of sp³-hybridized carbons (Fsp3) is 0.316. The lowest BCUT2D eigenvalue weighted by Crippen LogP contribution is -2.43. The van der Waals surface area contributed by atoms with E-state index in [-0.39, 0.29) is 10.6 Å². The number of carboxylic acids is 1. The predicted molar refractivity (Wildman–Crippen MR) is 107 cm³/mol. The summed E-state index contributed by atoms with van der Waals surface area (Å²) >= 11 is 0.772. The zero-order valence-corrected chi connectivity index (χ0v) is 17.3. The largest absolute Gasteiger partial charge is 0.490 e. The molecule has 0 radical (unpaired) electrons. The number of fused-ring (bicyclic) bond motifs is 1. The molecule has 3 heterocycles. The summed E-state index contributed by atoms with van der Waals surface area (Å²) in [7, 11) is 0. The normalized spacial score (nSPS) is 14.7. The van der Waals surface area contributed by atoms with E-state index in [4.69, 9.17) is 14.3 Å². The number of aliphatic carboxylic acids is 1. The number of hydrogen-bond donors (Lipinski definition) is 2. The molecular weight excluding hydrogens is 480 g/mol. The van der Waals surface area contributed by atoms with Gasteiger partial charge in [0.25, 0.3) is 0 Å². The number of piperazine rings is 1. The van der Waals surface area contributed by atoms with Crippen LogP contribution in [-0.4, -0.2) is 48.4 Å². The molecule has 0 unspecified atom stereocenters. The summed E-state index contributed by atoms with van der Waals surface area (Å²) in [5, 5.41) is 11.9. The molecule has 0 saturated carbocycles. The Morgan fingerprint density at radius 1 is 1.12 bits per heavy atom. The highest BCUT2D eigenvalue weighted by atomic mass is 32.1. The molecule has 0 bridgehead atoms. The van der Waals surface area contributed by atoms with Crippen molar-refractivity contribution >= 4 is 34.0 Å². The Balaban J connectivity index is 0.000000383. The Bertz CT molecular complexity index is 1200. The SMILES string of the molecule is O=C(O)C(F)(F)F.O=c1oc2cc(N3CCNCC3)ccc2cc1-c1nc(C(F)(F)F)cs1. The maximum absolute atomic E-state index is 12.7. The minimum atomic E-state index is -5.08. The van der Waals surface area contributed by atoms with Gasteiger partial charge in [0, 0.05) is 48.7 Å². The standard InChI is InChI=1S/C17H14F3N3O2S.C2HF3O2/c18-17(19,20)14-9-26-15(22-14)12-7-10-1-2-11(8-13(10)25-16(12)24)23-5-3-21-4-6-23;3-2(4,5)1(6)7/h1-2,7-9,21H,3-6H2;(H,6,7). The number of carboxylic acid groups (broad SMARTS) is 1. The molecule has 1 aliphatic heterocycles. The molecule has 2 aromatic heterocycles. The number of nitrogens with zero attached hydrogens (tertiary/aromatic N) is 2. The summed E-state index contributed by atoms with van der Waals surface area (Å²) < 4.78 is 75.3. The Labute approximate surface area is 185 Å². The van der Waals surface area contributed by atoms with Gasteiger partial charge in [0.05, 0.1) is 5.56 Å². The summed E-state index contributed by atoms with van der Waals surface area (Å²) in [4.78, 5) is 26.9. The molecule has 1 aromatic carbocycles. The molecule has 178 valence electrons. The zero-order chi connectivity index (χ0) is 24.4. The van der Waals surface area contributed by atoms with Crippen molar-refractivity contribution in [3.63, 3.8) is 0 Å². The van der Waals surface area contributed by atoms with E-state index >= 15 is 0 Å².